The molecular formula is C6H8BrN. The van der Waals surface area contributed by atoms with Gasteiger partial charge in [0, 0.05) is 0 Å². The smallest absolute Gasteiger partial charge is 0.0940 e. The summed E-state index contributed by atoms with van der Waals surface area (Å²) in [5, 5.41) is 0. The number of allylic oxidation sites excluding steroid dienone is 2. The second-order valence-electron chi connectivity index (χ2n) is 1.92. The highest BCUT2D eigenvalue weighted by Crippen LogP contribution is 2.20. The zero-order valence-corrected chi connectivity index (χ0v) is 6.06. The molecule has 1 atom stereocenters. The van der Waals surface area contributed by atoms with E-state index in [1.165, 1.54) is 0 Å². The van der Waals surface area contributed by atoms with Crippen molar-refractivity contribution < 1.29 is 0 Å². The lowest BCUT2D eigenvalue weighted by atomic mass is 10.1. The van der Waals surface area contributed by atoms with Crippen molar-refractivity contribution in [1.82, 2.24) is 0 Å². The van der Waals surface area contributed by atoms with E-state index in [0.717, 1.165) is 6.42 Å². The quantitative estimate of drug-likeness (QED) is 0.437. The van der Waals surface area contributed by atoms with Crippen LogP contribution in [0.2, 0.25) is 0 Å². The highest BCUT2D eigenvalue weighted by atomic mass is 79.9. The van der Waals surface area contributed by atoms with Gasteiger partial charge in [-0.05, 0) is 6.42 Å². The minimum atomic E-state index is -0.276. The summed E-state index contributed by atoms with van der Waals surface area (Å²) in [4.78, 5) is 0. The van der Waals surface area contributed by atoms with Gasteiger partial charge in [-0.15, -0.1) is 0 Å². The van der Waals surface area contributed by atoms with Crippen molar-refractivity contribution >= 4 is 15.9 Å². The van der Waals surface area contributed by atoms with E-state index in [9.17, 15) is 0 Å². The van der Waals surface area contributed by atoms with Crippen molar-refractivity contribution in [2.45, 2.75) is 10.9 Å². The third kappa shape index (κ3) is 1.46. The fourth-order valence-corrected chi connectivity index (χ4v) is 0.950. The Hall–Kier alpha value is -0.0800. The van der Waals surface area contributed by atoms with Crippen LogP contribution < -0.4 is 5.73 Å². The molecule has 2 heteroatoms. The van der Waals surface area contributed by atoms with E-state index in [4.69, 9.17) is 5.73 Å². The monoisotopic (exact) mass is 173 g/mol. The second kappa shape index (κ2) is 2.03. The summed E-state index contributed by atoms with van der Waals surface area (Å²) in [6.45, 7) is 0. The summed E-state index contributed by atoms with van der Waals surface area (Å²) < 4.78 is -0.276. The maximum Gasteiger partial charge on any atom is 0.0940 e. The fraction of sp³-hybridized carbons (Fsp3) is 0.333. The molecule has 0 aliphatic heterocycles. The maximum absolute atomic E-state index is 5.66. The SMILES string of the molecule is NC1(Br)C=CC=CC1. The number of alkyl halides is 1. The van der Waals surface area contributed by atoms with Gasteiger partial charge in [-0.2, -0.15) is 0 Å². The van der Waals surface area contributed by atoms with Crippen LogP contribution in [0.15, 0.2) is 24.3 Å². The molecule has 2 N–H and O–H groups in total. The van der Waals surface area contributed by atoms with E-state index in [2.05, 4.69) is 15.9 Å². The molecule has 0 radical (unpaired) electrons. The molecule has 44 valence electrons. The maximum atomic E-state index is 5.66. The molecular weight excluding hydrogens is 166 g/mol. The van der Waals surface area contributed by atoms with E-state index in [-0.39, 0.29) is 4.45 Å². The average molecular weight is 174 g/mol. The van der Waals surface area contributed by atoms with Gasteiger partial charge in [0.2, 0.25) is 0 Å². The van der Waals surface area contributed by atoms with Crippen molar-refractivity contribution in [3.8, 4) is 0 Å². The van der Waals surface area contributed by atoms with Crippen LogP contribution in [-0.2, 0) is 0 Å². The lowest BCUT2D eigenvalue weighted by Crippen LogP contribution is -2.29. The molecule has 0 spiro atoms. The predicted octanol–water partition coefficient (Wildman–Crippen LogP) is 1.55. The molecule has 1 unspecified atom stereocenters. The second-order valence-corrected chi connectivity index (χ2v) is 3.39. The number of hydrogen-bond acceptors (Lipinski definition) is 1. The van der Waals surface area contributed by atoms with E-state index in [1.807, 2.05) is 24.3 Å². The first kappa shape index (κ1) is 6.05. The number of halogens is 1. The first-order valence-corrected chi connectivity index (χ1v) is 3.32. The van der Waals surface area contributed by atoms with Crippen molar-refractivity contribution in [2.75, 3.05) is 0 Å². The van der Waals surface area contributed by atoms with Crippen LogP contribution in [0.3, 0.4) is 0 Å². The van der Waals surface area contributed by atoms with Crippen molar-refractivity contribution in [3.05, 3.63) is 24.3 Å². The van der Waals surface area contributed by atoms with Crippen LogP contribution in [0.1, 0.15) is 6.42 Å². The van der Waals surface area contributed by atoms with Crippen molar-refractivity contribution in [2.24, 2.45) is 5.73 Å². The van der Waals surface area contributed by atoms with Gasteiger partial charge in [0.25, 0.3) is 0 Å². The molecule has 0 saturated heterocycles. The zero-order valence-electron chi connectivity index (χ0n) is 4.47. The highest BCUT2D eigenvalue weighted by molar-refractivity contribution is 9.10. The fourth-order valence-electron chi connectivity index (χ4n) is 0.611. The number of rotatable bonds is 0. The molecule has 1 aliphatic rings. The van der Waals surface area contributed by atoms with Gasteiger partial charge in [-0.3, -0.25) is 0 Å². The molecule has 8 heavy (non-hydrogen) atoms. The Kier molecular flexibility index (Phi) is 1.54. The molecule has 0 heterocycles. The van der Waals surface area contributed by atoms with Crippen LogP contribution >= 0.6 is 15.9 Å². The Morgan fingerprint density at radius 3 is 2.50 bits per heavy atom. The summed E-state index contributed by atoms with van der Waals surface area (Å²) in [5.74, 6) is 0. The summed E-state index contributed by atoms with van der Waals surface area (Å²) in [6.07, 6.45) is 8.79. The third-order valence-electron chi connectivity index (χ3n) is 1.05. The van der Waals surface area contributed by atoms with Crippen molar-refractivity contribution in [3.63, 3.8) is 0 Å². The van der Waals surface area contributed by atoms with Crippen LogP contribution in [0, 0.1) is 0 Å². The Balaban J connectivity index is 2.65. The van der Waals surface area contributed by atoms with E-state index in [0.29, 0.717) is 0 Å². The first-order valence-electron chi connectivity index (χ1n) is 2.53. The molecule has 0 aromatic rings. The highest BCUT2D eigenvalue weighted by Gasteiger charge is 2.14. The van der Waals surface area contributed by atoms with Gasteiger partial charge in [-0.1, -0.05) is 40.2 Å². The van der Waals surface area contributed by atoms with Crippen LogP contribution in [-0.4, -0.2) is 4.45 Å². The number of hydrogen-bond donors (Lipinski definition) is 1. The molecule has 0 aromatic carbocycles. The zero-order chi connectivity index (χ0) is 6.04. The van der Waals surface area contributed by atoms with Gasteiger partial charge in [0.1, 0.15) is 0 Å². The van der Waals surface area contributed by atoms with Crippen LogP contribution in [0.5, 0.6) is 0 Å². The first-order chi connectivity index (χ1) is 3.71. The Morgan fingerprint density at radius 1 is 1.50 bits per heavy atom. The van der Waals surface area contributed by atoms with Gasteiger partial charge in [0.15, 0.2) is 0 Å². The topological polar surface area (TPSA) is 26.0 Å². The lowest BCUT2D eigenvalue weighted by molar-refractivity contribution is 0.774. The van der Waals surface area contributed by atoms with Crippen LogP contribution in [0.25, 0.3) is 0 Å². The Labute approximate surface area is 57.4 Å². The summed E-state index contributed by atoms with van der Waals surface area (Å²) in [7, 11) is 0. The minimum Gasteiger partial charge on any atom is -0.313 e. The normalized spacial score (nSPS) is 35.8. The van der Waals surface area contributed by atoms with Crippen molar-refractivity contribution in [1.29, 1.82) is 0 Å². The molecule has 1 aliphatic carbocycles. The lowest BCUT2D eigenvalue weighted by Gasteiger charge is -2.16. The van der Waals surface area contributed by atoms with Crippen LogP contribution in [0.4, 0.5) is 0 Å². The predicted molar refractivity (Wildman–Crippen MR) is 38.7 cm³/mol. The summed E-state index contributed by atoms with van der Waals surface area (Å²) in [5.41, 5.74) is 5.66. The average Bonchev–Trinajstić information content (AvgIpc) is 1.65. The van der Waals surface area contributed by atoms with Gasteiger partial charge < -0.3 is 5.73 Å². The Morgan fingerprint density at radius 2 is 2.25 bits per heavy atom. The van der Waals surface area contributed by atoms with E-state index in [1.54, 1.807) is 0 Å². The largest absolute Gasteiger partial charge is 0.313 e. The van der Waals surface area contributed by atoms with Gasteiger partial charge in [-0.25, -0.2) is 0 Å². The molecule has 0 aromatic heterocycles. The standard InChI is InChI=1S/C6H8BrN/c7-6(8)4-2-1-3-5-6/h1-4H,5,8H2. The minimum absolute atomic E-state index is 0.276. The third-order valence-corrected chi connectivity index (χ3v) is 1.64. The van der Waals surface area contributed by atoms with E-state index >= 15 is 0 Å². The number of nitrogens with two attached hydrogens (primary N) is 1. The molecule has 0 fully saturated rings. The molecule has 1 nitrogen and oxygen atoms in total. The van der Waals surface area contributed by atoms with Gasteiger partial charge >= 0.3 is 0 Å². The molecule has 1 rings (SSSR count). The Bertz CT molecular complexity index is 135. The summed E-state index contributed by atoms with van der Waals surface area (Å²) in [6, 6.07) is 0. The molecule has 0 bridgehead atoms. The van der Waals surface area contributed by atoms with E-state index < -0.39 is 0 Å². The molecule has 0 saturated carbocycles. The van der Waals surface area contributed by atoms with Gasteiger partial charge in [0.05, 0.1) is 4.45 Å². The molecule has 0 amide bonds. The summed E-state index contributed by atoms with van der Waals surface area (Å²) >= 11 is 3.33.